The fraction of sp³-hybridized carbons (Fsp3) is 0.333. The molecule has 1 aromatic heterocycles. The molecule has 0 saturated carbocycles. The average molecular weight is 363 g/mol. The minimum atomic E-state index is -0.0631. The predicted molar refractivity (Wildman–Crippen MR) is 106 cm³/mol. The van der Waals surface area contributed by atoms with Crippen LogP contribution >= 0.6 is 11.3 Å². The number of aryl methyl sites for hydroxylation is 2. The lowest BCUT2D eigenvalue weighted by atomic mass is 9.97. The molecule has 1 amide bonds. The van der Waals surface area contributed by atoms with E-state index in [1.807, 2.05) is 12.3 Å². The highest BCUT2D eigenvalue weighted by atomic mass is 32.1. The van der Waals surface area contributed by atoms with Gasteiger partial charge in [-0.25, -0.2) is 4.98 Å². The van der Waals surface area contributed by atoms with Gasteiger partial charge >= 0.3 is 0 Å². The van der Waals surface area contributed by atoms with Crippen LogP contribution in [0.15, 0.2) is 36.5 Å². The molecule has 2 aliphatic rings. The van der Waals surface area contributed by atoms with Crippen molar-refractivity contribution in [3.63, 3.8) is 0 Å². The second-order valence-electron chi connectivity index (χ2n) is 7.16. The number of benzene rings is 2. The molecule has 0 radical (unpaired) electrons. The number of carbonyl (C=O) groups excluding carboxylic acids is 1. The number of anilines is 1. The van der Waals surface area contributed by atoms with E-state index in [4.69, 9.17) is 0 Å². The fourth-order valence-electron chi connectivity index (χ4n) is 4.25. The lowest BCUT2D eigenvalue weighted by Gasteiger charge is -2.20. The van der Waals surface area contributed by atoms with Crippen molar-refractivity contribution >= 4 is 33.1 Å². The number of amides is 1. The number of aromatic nitrogens is 1. The third kappa shape index (κ3) is 2.72. The number of nitrogens with zero attached hydrogens (tertiary/aromatic N) is 1. The highest BCUT2D eigenvalue weighted by Crippen LogP contribution is 2.34. The molecular weight excluding hydrogens is 342 g/mol. The maximum Gasteiger partial charge on any atom is 0.258 e. The zero-order valence-corrected chi connectivity index (χ0v) is 15.4. The van der Waals surface area contributed by atoms with E-state index in [0.29, 0.717) is 11.0 Å². The van der Waals surface area contributed by atoms with Gasteiger partial charge < -0.3 is 5.32 Å². The molecule has 0 unspecified atom stereocenters. The Morgan fingerprint density at radius 1 is 1.12 bits per heavy atom. The number of nitrogens with one attached hydrogen (secondary N) is 2. The first kappa shape index (κ1) is 16.0. The third-order valence-electron chi connectivity index (χ3n) is 5.61. The van der Waals surface area contributed by atoms with E-state index in [1.54, 1.807) is 11.3 Å². The normalized spacial score (nSPS) is 16.9. The minimum Gasteiger partial charge on any atom is -0.317 e. The minimum absolute atomic E-state index is 0.0631. The number of thiazole rings is 1. The van der Waals surface area contributed by atoms with Crippen LogP contribution < -0.4 is 10.6 Å². The number of carbonyl (C=O) groups is 1. The third-order valence-corrected chi connectivity index (χ3v) is 6.68. The van der Waals surface area contributed by atoms with Crippen LogP contribution in [-0.2, 0) is 12.8 Å². The predicted octanol–water partition coefficient (Wildman–Crippen LogP) is 4.11. The van der Waals surface area contributed by atoms with Crippen molar-refractivity contribution in [3.05, 3.63) is 58.1 Å². The van der Waals surface area contributed by atoms with Crippen LogP contribution in [0.2, 0.25) is 0 Å². The second kappa shape index (κ2) is 6.49. The highest BCUT2D eigenvalue weighted by Gasteiger charge is 2.21. The number of hydrogen-bond donors (Lipinski definition) is 2. The average Bonchev–Trinajstić information content (AvgIpc) is 3.31. The van der Waals surface area contributed by atoms with Gasteiger partial charge in [0, 0.05) is 16.6 Å². The van der Waals surface area contributed by atoms with Gasteiger partial charge in [0.1, 0.15) is 0 Å². The first-order valence-corrected chi connectivity index (χ1v) is 10.1. The van der Waals surface area contributed by atoms with Gasteiger partial charge in [0.15, 0.2) is 5.13 Å². The van der Waals surface area contributed by atoms with E-state index in [1.165, 1.54) is 21.4 Å². The van der Waals surface area contributed by atoms with Gasteiger partial charge in [-0.15, -0.1) is 11.3 Å². The molecule has 26 heavy (non-hydrogen) atoms. The summed E-state index contributed by atoms with van der Waals surface area (Å²) in [4.78, 5) is 18.6. The first-order chi connectivity index (χ1) is 12.8. The maximum atomic E-state index is 12.9. The van der Waals surface area contributed by atoms with Gasteiger partial charge in [-0.2, -0.15) is 0 Å². The Balaban J connectivity index is 1.41. The molecule has 0 bridgehead atoms. The molecule has 1 saturated heterocycles. The Morgan fingerprint density at radius 2 is 1.92 bits per heavy atom. The fourth-order valence-corrected chi connectivity index (χ4v) is 5.23. The van der Waals surface area contributed by atoms with Crippen molar-refractivity contribution in [2.75, 3.05) is 18.4 Å². The van der Waals surface area contributed by atoms with Gasteiger partial charge in [-0.1, -0.05) is 24.3 Å². The lowest BCUT2D eigenvalue weighted by molar-refractivity contribution is 0.102. The summed E-state index contributed by atoms with van der Waals surface area (Å²) in [5.41, 5.74) is 3.45. The molecular formula is C21H21N3OS. The van der Waals surface area contributed by atoms with Gasteiger partial charge in [0.05, 0.1) is 0 Å². The van der Waals surface area contributed by atoms with Crippen LogP contribution in [0.4, 0.5) is 5.13 Å². The molecule has 2 aromatic carbocycles. The van der Waals surface area contributed by atoms with E-state index >= 15 is 0 Å². The van der Waals surface area contributed by atoms with E-state index in [0.717, 1.165) is 49.7 Å². The maximum absolute atomic E-state index is 12.9. The molecule has 0 atom stereocenters. The number of hydrogen-bond acceptors (Lipinski definition) is 4. The summed E-state index contributed by atoms with van der Waals surface area (Å²) < 4.78 is 0. The summed E-state index contributed by atoms with van der Waals surface area (Å²) in [7, 11) is 0. The quantitative estimate of drug-likeness (QED) is 0.736. The lowest BCUT2D eigenvalue weighted by Crippen LogP contribution is -2.26. The molecule has 5 heteroatoms. The number of piperidine rings is 1. The SMILES string of the molecule is O=C(Nc1ncc(C2CCNCC2)s1)c1ccc2c3c(cccc13)CC2. The summed E-state index contributed by atoms with van der Waals surface area (Å²) in [6.45, 7) is 2.12. The van der Waals surface area contributed by atoms with E-state index in [-0.39, 0.29) is 5.91 Å². The smallest absolute Gasteiger partial charge is 0.258 e. The molecule has 5 rings (SSSR count). The van der Waals surface area contributed by atoms with Crippen LogP contribution in [-0.4, -0.2) is 24.0 Å². The van der Waals surface area contributed by atoms with Gasteiger partial charge in [0.2, 0.25) is 0 Å². The van der Waals surface area contributed by atoms with Crippen molar-refractivity contribution in [3.8, 4) is 0 Å². The molecule has 132 valence electrons. The van der Waals surface area contributed by atoms with E-state index in [9.17, 15) is 4.79 Å². The first-order valence-electron chi connectivity index (χ1n) is 9.31. The molecule has 2 heterocycles. The van der Waals surface area contributed by atoms with Crippen LogP contribution in [0.25, 0.3) is 10.8 Å². The van der Waals surface area contributed by atoms with Crippen molar-refractivity contribution in [1.29, 1.82) is 0 Å². The monoisotopic (exact) mass is 363 g/mol. The molecule has 3 aromatic rings. The summed E-state index contributed by atoms with van der Waals surface area (Å²) in [6, 6.07) is 10.4. The topological polar surface area (TPSA) is 54.0 Å². The molecule has 2 N–H and O–H groups in total. The molecule has 1 aliphatic heterocycles. The second-order valence-corrected chi connectivity index (χ2v) is 8.22. The standard InChI is InChI=1S/C21H21N3OS/c25-20(24-21-23-12-18(26-21)13-8-10-22-11-9-13)17-7-6-15-5-4-14-2-1-3-16(17)19(14)15/h1-3,6-7,12-13,22H,4-5,8-11H2,(H,23,24,25). The van der Waals surface area contributed by atoms with Gasteiger partial charge in [0.25, 0.3) is 5.91 Å². The van der Waals surface area contributed by atoms with Gasteiger partial charge in [-0.3, -0.25) is 10.1 Å². The molecule has 1 aliphatic carbocycles. The van der Waals surface area contributed by atoms with Crippen molar-refractivity contribution in [1.82, 2.24) is 10.3 Å². The Kier molecular flexibility index (Phi) is 3.98. The van der Waals surface area contributed by atoms with Crippen LogP contribution in [0.3, 0.4) is 0 Å². The van der Waals surface area contributed by atoms with E-state index < -0.39 is 0 Å². The highest BCUT2D eigenvalue weighted by molar-refractivity contribution is 7.15. The zero-order chi connectivity index (χ0) is 17.5. The van der Waals surface area contributed by atoms with Crippen molar-refractivity contribution in [2.45, 2.75) is 31.6 Å². The summed E-state index contributed by atoms with van der Waals surface area (Å²) in [5.74, 6) is 0.503. The molecule has 0 spiro atoms. The van der Waals surface area contributed by atoms with Crippen LogP contribution in [0.1, 0.15) is 45.1 Å². The van der Waals surface area contributed by atoms with Gasteiger partial charge in [-0.05, 0) is 72.7 Å². The largest absolute Gasteiger partial charge is 0.317 e. The van der Waals surface area contributed by atoms with Crippen LogP contribution in [0, 0.1) is 0 Å². The van der Waals surface area contributed by atoms with E-state index in [2.05, 4.69) is 39.9 Å². The van der Waals surface area contributed by atoms with Crippen LogP contribution in [0.5, 0.6) is 0 Å². The Morgan fingerprint density at radius 3 is 2.77 bits per heavy atom. The summed E-state index contributed by atoms with van der Waals surface area (Å²) in [5, 5.41) is 9.45. The van der Waals surface area contributed by atoms with Crippen molar-refractivity contribution in [2.24, 2.45) is 0 Å². The number of rotatable bonds is 3. The zero-order valence-electron chi connectivity index (χ0n) is 14.5. The Labute approximate surface area is 156 Å². The van der Waals surface area contributed by atoms with Crippen molar-refractivity contribution < 1.29 is 4.79 Å². The Hall–Kier alpha value is -2.24. The summed E-state index contributed by atoms with van der Waals surface area (Å²) >= 11 is 1.62. The summed E-state index contributed by atoms with van der Waals surface area (Å²) in [6.07, 6.45) is 6.37. The molecule has 1 fully saturated rings. The Bertz CT molecular complexity index is 978. The molecule has 4 nitrogen and oxygen atoms in total.